The van der Waals surface area contributed by atoms with Gasteiger partial charge >= 0.3 is 8.60 Å². The lowest BCUT2D eigenvalue weighted by atomic mass is 9.69. The molecule has 2 aromatic rings. The Bertz CT molecular complexity index is 1090. The maximum absolute atomic E-state index is 6.69. The van der Waals surface area contributed by atoms with E-state index in [1.54, 1.807) is 0 Å². The minimum atomic E-state index is -1.59. The third-order valence-electron chi connectivity index (χ3n) is 8.05. The molecule has 0 N–H and O–H groups in total. The molecule has 3 nitrogen and oxygen atoms in total. The van der Waals surface area contributed by atoms with Crippen LogP contribution in [0, 0.1) is 0 Å². The van der Waals surface area contributed by atoms with Crippen molar-refractivity contribution in [1.29, 1.82) is 0 Å². The molecule has 0 aromatic heterocycles. The summed E-state index contributed by atoms with van der Waals surface area (Å²) in [5, 5.41) is 0. The molecule has 0 saturated carbocycles. The van der Waals surface area contributed by atoms with Crippen LogP contribution in [0.3, 0.4) is 0 Å². The largest absolute Gasteiger partial charge is 0.463 e. The highest BCUT2D eigenvalue weighted by atomic mass is 31.2. The van der Waals surface area contributed by atoms with E-state index < -0.39 is 8.60 Å². The Kier molecular flexibility index (Phi) is 10.7. The van der Waals surface area contributed by atoms with E-state index in [0.29, 0.717) is 6.61 Å². The van der Waals surface area contributed by atoms with Gasteiger partial charge in [-0.3, -0.25) is 4.52 Å². The SMILES string of the molecule is CCCCCCCCOP1Oc2ccc(C(C)(C)C)c(C(C)(C)C)c2Cc2c(ccc(C(C)(C)C)c2C(C)(C)C)O1. The molecular formula is C37H59O3P. The van der Waals surface area contributed by atoms with Gasteiger partial charge in [-0.1, -0.05) is 134 Å². The number of hydrogen-bond acceptors (Lipinski definition) is 3. The molecule has 230 valence electrons. The van der Waals surface area contributed by atoms with Gasteiger partial charge in [0.15, 0.2) is 0 Å². The number of unbranched alkanes of at least 4 members (excludes halogenated alkanes) is 5. The summed E-state index contributed by atoms with van der Waals surface area (Å²) in [4.78, 5) is 0. The summed E-state index contributed by atoms with van der Waals surface area (Å²) in [6.45, 7) is 30.8. The smallest absolute Gasteiger partial charge is 0.417 e. The zero-order valence-corrected chi connectivity index (χ0v) is 29.5. The zero-order chi connectivity index (χ0) is 30.8. The van der Waals surface area contributed by atoms with Crippen LogP contribution in [0.2, 0.25) is 0 Å². The predicted molar refractivity (Wildman–Crippen MR) is 178 cm³/mol. The van der Waals surface area contributed by atoms with Gasteiger partial charge in [-0.2, -0.15) is 0 Å². The Balaban J connectivity index is 2.20. The zero-order valence-electron chi connectivity index (χ0n) is 28.6. The van der Waals surface area contributed by atoms with E-state index in [-0.39, 0.29) is 21.7 Å². The van der Waals surface area contributed by atoms with Crippen molar-refractivity contribution >= 4 is 8.60 Å². The van der Waals surface area contributed by atoms with E-state index in [0.717, 1.165) is 24.3 Å². The van der Waals surface area contributed by atoms with Gasteiger partial charge in [0.2, 0.25) is 0 Å². The molecule has 0 saturated heterocycles. The second-order valence-corrected chi connectivity index (χ2v) is 17.2. The van der Waals surface area contributed by atoms with Gasteiger partial charge in [-0.25, -0.2) is 0 Å². The summed E-state index contributed by atoms with van der Waals surface area (Å²) in [5.74, 6) is 1.81. The second-order valence-electron chi connectivity index (χ2n) is 16.1. The van der Waals surface area contributed by atoms with Crippen LogP contribution in [0.1, 0.15) is 162 Å². The van der Waals surface area contributed by atoms with E-state index >= 15 is 0 Å². The molecule has 3 rings (SSSR count). The maximum Gasteiger partial charge on any atom is 0.463 e. The Morgan fingerprint density at radius 1 is 0.585 bits per heavy atom. The Morgan fingerprint density at radius 2 is 1.00 bits per heavy atom. The highest BCUT2D eigenvalue weighted by molar-refractivity contribution is 7.42. The molecule has 0 bridgehead atoms. The van der Waals surface area contributed by atoms with E-state index in [2.05, 4.69) is 114 Å². The molecule has 0 amide bonds. The van der Waals surface area contributed by atoms with Crippen LogP contribution in [0.4, 0.5) is 0 Å². The highest BCUT2D eigenvalue weighted by Gasteiger charge is 2.36. The molecule has 0 aliphatic carbocycles. The summed E-state index contributed by atoms with van der Waals surface area (Å²) >= 11 is 0. The first-order valence-electron chi connectivity index (χ1n) is 16.0. The third kappa shape index (κ3) is 8.51. The van der Waals surface area contributed by atoms with Crippen molar-refractivity contribution in [2.75, 3.05) is 6.61 Å². The van der Waals surface area contributed by atoms with Crippen molar-refractivity contribution < 1.29 is 13.6 Å². The minimum absolute atomic E-state index is 0.0124. The van der Waals surface area contributed by atoms with Crippen molar-refractivity contribution in [2.45, 2.75) is 157 Å². The fourth-order valence-corrected chi connectivity index (χ4v) is 7.26. The molecule has 4 heteroatoms. The Labute approximate surface area is 254 Å². The summed E-state index contributed by atoms with van der Waals surface area (Å²) in [6.07, 6.45) is 8.13. The molecule has 1 heterocycles. The topological polar surface area (TPSA) is 27.7 Å². The van der Waals surface area contributed by atoms with Gasteiger partial charge < -0.3 is 9.05 Å². The monoisotopic (exact) mass is 582 g/mol. The average Bonchev–Trinajstić information content (AvgIpc) is 2.80. The number of benzene rings is 2. The molecule has 2 aromatic carbocycles. The molecule has 0 unspecified atom stereocenters. The van der Waals surface area contributed by atoms with Gasteiger partial charge in [0.1, 0.15) is 11.5 Å². The van der Waals surface area contributed by atoms with E-state index in [1.807, 2.05) is 0 Å². The Hall–Kier alpha value is -1.57. The summed E-state index contributed by atoms with van der Waals surface area (Å²) in [5.41, 5.74) is 8.03. The predicted octanol–water partition coefficient (Wildman–Crippen LogP) is 11.8. The first-order valence-corrected chi connectivity index (χ1v) is 17.1. The maximum atomic E-state index is 6.69. The van der Waals surface area contributed by atoms with Crippen molar-refractivity contribution in [1.82, 2.24) is 0 Å². The molecule has 0 radical (unpaired) electrons. The lowest BCUT2D eigenvalue weighted by Gasteiger charge is -2.37. The molecule has 0 atom stereocenters. The first kappa shape index (κ1) is 33.9. The van der Waals surface area contributed by atoms with Gasteiger partial charge in [0, 0.05) is 17.5 Å². The third-order valence-corrected chi connectivity index (χ3v) is 9.13. The quantitative estimate of drug-likeness (QED) is 0.229. The van der Waals surface area contributed by atoms with Gasteiger partial charge in [-0.05, 0) is 62.5 Å². The lowest BCUT2D eigenvalue weighted by Crippen LogP contribution is -2.27. The minimum Gasteiger partial charge on any atom is -0.417 e. The van der Waals surface area contributed by atoms with E-state index in [9.17, 15) is 0 Å². The fourth-order valence-electron chi connectivity index (χ4n) is 6.17. The van der Waals surface area contributed by atoms with Crippen LogP contribution >= 0.6 is 8.60 Å². The molecular weight excluding hydrogens is 523 g/mol. The average molecular weight is 583 g/mol. The van der Waals surface area contributed by atoms with Crippen LogP contribution in [-0.4, -0.2) is 6.61 Å². The van der Waals surface area contributed by atoms with Crippen molar-refractivity contribution in [3.05, 3.63) is 57.6 Å². The summed E-state index contributed by atoms with van der Waals surface area (Å²) in [6, 6.07) is 8.90. The summed E-state index contributed by atoms with van der Waals surface area (Å²) in [7, 11) is -1.59. The highest BCUT2D eigenvalue weighted by Crippen LogP contribution is 2.52. The second kappa shape index (κ2) is 13.0. The van der Waals surface area contributed by atoms with Crippen LogP contribution in [0.25, 0.3) is 0 Å². The Morgan fingerprint density at radius 3 is 1.39 bits per heavy atom. The van der Waals surface area contributed by atoms with Crippen molar-refractivity contribution in [2.24, 2.45) is 0 Å². The standard InChI is InChI=1S/C37H59O3P/c1-14-15-16-17-18-19-24-38-41-39-30-22-20-28(34(2,3)4)32(36(8,9)10)26(30)25-27-31(40-41)23-21-29(35(5,6)7)33(27)37(11,12)13/h20-23H,14-19,24-25H2,1-13H3. The lowest BCUT2D eigenvalue weighted by molar-refractivity contribution is 0.255. The molecule has 0 spiro atoms. The summed E-state index contributed by atoms with van der Waals surface area (Å²) < 4.78 is 19.8. The normalized spacial score (nSPS) is 15.0. The molecule has 1 aliphatic heterocycles. The van der Waals surface area contributed by atoms with Crippen LogP contribution in [-0.2, 0) is 32.6 Å². The van der Waals surface area contributed by atoms with Gasteiger partial charge in [-0.15, -0.1) is 0 Å². The van der Waals surface area contributed by atoms with Gasteiger partial charge in [0.05, 0.1) is 6.61 Å². The number of rotatable bonds is 8. The van der Waals surface area contributed by atoms with Crippen LogP contribution in [0.15, 0.2) is 24.3 Å². The van der Waals surface area contributed by atoms with E-state index in [4.69, 9.17) is 13.6 Å². The van der Waals surface area contributed by atoms with E-state index in [1.165, 1.54) is 65.5 Å². The van der Waals surface area contributed by atoms with Crippen molar-refractivity contribution in [3.63, 3.8) is 0 Å². The number of hydrogen-bond donors (Lipinski definition) is 0. The van der Waals surface area contributed by atoms with Crippen LogP contribution < -0.4 is 9.05 Å². The molecule has 41 heavy (non-hydrogen) atoms. The molecule has 1 aliphatic rings. The van der Waals surface area contributed by atoms with Gasteiger partial charge in [0.25, 0.3) is 0 Å². The van der Waals surface area contributed by atoms with Crippen molar-refractivity contribution in [3.8, 4) is 11.5 Å². The number of fused-ring (bicyclic) bond motifs is 2. The first-order chi connectivity index (χ1) is 18.9. The molecule has 0 fully saturated rings. The van der Waals surface area contributed by atoms with Crippen LogP contribution in [0.5, 0.6) is 11.5 Å². The fraction of sp³-hybridized carbons (Fsp3) is 0.676.